The first-order valence-electron chi connectivity index (χ1n) is 19.3. The van der Waals surface area contributed by atoms with E-state index in [4.69, 9.17) is 4.98 Å². The molecule has 0 spiro atoms. The summed E-state index contributed by atoms with van der Waals surface area (Å²) in [5.74, 6) is 0. The molecule has 0 saturated carbocycles. The van der Waals surface area contributed by atoms with Gasteiger partial charge in [-0.1, -0.05) is 184 Å². The predicted octanol–water partition coefficient (Wildman–Crippen LogP) is 14.6. The van der Waals surface area contributed by atoms with Crippen LogP contribution in [0.25, 0.3) is 110 Å². The quantitative estimate of drug-likeness (QED) is 0.168. The molecule has 0 saturated heterocycles. The average Bonchev–Trinajstić information content (AvgIpc) is 3.69. The fraction of sp³-hybridized carbons (Fsp3) is 0.0556. The summed E-state index contributed by atoms with van der Waals surface area (Å²) in [5, 5.41) is 8.91. The number of pyridine rings is 1. The van der Waals surface area contributed by atoms with Crippen molar-refractivity contribution in [1.82, 2.24) is 4.98 Å². The Bertz CT molecular complexity index is 3240. The Hall–Kier alpha value is -6.83. The van der Waals surface area contributed by atoms with E-state index in [-0.39, 0.29) is 5.41 Å². The van der Waals surface area contributed by atoms with Gasteiger partial charge in [0.1, 0.15) is 0 Å². The van der Waals surface area contributed by atoms with Crippen LogP contribution in [0.4, 0.5) is 0 Å². The van der Waals surface area contributed by atoms with E-state index in [1.807, 2.05) is 0 Å². The molecule has 0 fully saturated rings. The summed E-state index contributed by atoms with van der Waals surface area (Å²) in [7, 11) is 0. The Balaban J connectivity index is 1.04. The summed E-state index contributed by atoms with van der Waals surface area (Å²) in [6.45, 7) is 4.73. The van der Waals surface area contributed by atoms with E-state index in [0.717, 1.165) is 11.2 Å². The molecule has 256 valence electrons. The van der Waals surface area contributed by atoms with Crippen LogP contribution in [0.3, 0.4) is 0 Å². The summed E-state index contributed by atoms with van der Waals surface area (Å²) in [6, 6.07) is 65.2. The van der Waals surface area contributed by atoms with Crippen molar-refractivity contribution in [3.63, 3.8) is 0 Å². The highest BCUT2D eigenvalue weighted by atomic mass is 14.7. The van der Waals surface area contributed by atoms with Gasteiger partial charge in [-0.05, 0) is 105 Å². The van der Waals surface area contributed by atoms with Gasteiger partial charge in [-0.3, -0.25) is 0 Å². The Kier molecular flexibility index (Phi) is 6.18. The SMILES string of the molecule is CC1(C)c2ccccc2-c2nc3ccc4ccccc4c3c(-c3ccc(-c4ccc(-c5ccc6c7c(cccc57)-c5ccccc5-6)c5ccccc45)cc3)c21. The molecular formula is C54H35N. The zero-order chi connectivity index (χ0) is 36.4. The molecule has 2 aliphatic carbocycles. The predicted molar refractivity (Wildman–Crippen MR) is 233 cm³/mol. The molecule has 1 heteroatoms. The van der Waals surface area contributed by atoms with Crippen molar-refractivity contribution >= 4 is 43.2 Å². The second-order valence-corrected chi connectivity index (χ2v) is 15.8. The molecule has 12 rings (SSSR count). The van der Waals surface area contributed by atoms with Crippen molar-refractivity contribution < 1.29 is 0 Å². The van der Waals surface area contributed by atoms with E-state index < -0.39 is 0 Å². The normalized spacial score (nSPS) is 13.4. The Labute approximate surface area is 320 Å². The third-order valence-electron chi connectivity index (χ3n) is 12.6. The van der Waals surface area contributed by atoms with Crippen molar-refractivity contribution in [2.45, 2.75) is 19.3 Å². The molecule has 55 heavy (non-hydrogen) atoms. The summed E-state index contributed by atoms with van der Waals surface area (Å²) >= 11 is 0. The first-order chi connectivity index (χ1) is 27.1. The zero-order valence-electron chi connectivity index (χ0n) is 30.7. The Morgan fingerprint density at radius 1 is 0.364 bits per heavy atom. The largest absolute Gasteiger partial charge is 0.247 e. The van der Waals surface area contributed by atoms with Gasteiger partial charge in [0.25, 0.3) is 0 Å². The van der Waals surface area contributed by atoms with Gasteiger partial charge in [0.15, 0.2) is 0 Å². The molecule has 1 nitrogen and oxygen atoms in total. The lowest BCUT2D eigenvalue weighted by Crippen LogP contribution is -2.16. The summed E-state index contributed by atoms with van der Waals surface area (Å²) in [5.41, 5.74) is 18.7. The molecule has 1 heterocycles. The van der Waals surface area contributed by atoms with Crippen LogP contribution in [0.1, 0.15) is 25.0 Å². The van der Waals surface area contributed by atoms with E-state index in [9.17, 15) is 0 Å². The molecule has 0 amide bonds. The lowest BCUT2D eigenvalue weighted by Gasteiger charge is -2.26. The number of nitrogens with zero attached hydrogens (tertiary/aromatic N) is 1. The van der Waals surface area contributed by atoms with Gasteiger partial charge >= 0.3 is 0 Å². The molecule has 10 aromatic rings. The van der Waals surface area contributed by atoms with E-state index >= 15 is 0 Å². The molecule has 1 aromatic heterocycles. The molecule has 0 atom stereocenters. The molecular weight excluding hydrogens is 663 g/mol. The average molecular weight is 698 g/mol. The molecule has 0 aliphatic heterocycles. The van der Waals surface area contributed by atoms with Gasteiger partial charge in [0.2, 0.25) is 0 Å². The summed E-state index contributed by atoms with van der Waals surface area (Å²) in [4.78, 5) is 5.40. The third kappa shape index (κ3) is 4.16. The second kappa shape index (κ2) is 11.1. The Morgan fingerprint density at radius 3 is 1.69 bits per heavy atom. The van der Waals surface area contributed by atoms with Crippen LogP contribution in [0.5, 0.6) is 0 Å². The molecule has 2 aliphatic rings. The van der Waals surface area contributed by atoms with Crippen LogP contribution in [0.15, 0.2) is 176 Å². The third-order valence-corrected chi connectivity index (χ3v) is 12.6. The highest BCUT2D eigenvalue weighted by molar-refractivity contribution is 6.21. The van der Waals surface area contributed by atoms with E-state index in [2.05, 4.69) is 190 Å². The van der Waals surface area contributed by atoms with Crippen molar-refractivity contribution in [3.8, 4) is 66.9 Å². The van der Waals surface area contributed by atoms with E-state index in [1.54, 1.807) is 0 Å². The van der Waals surface area contributed by atoms with Gasteiger partial charge in [0, 0.05) is 16.4 Å². The number of aromatic nitrogens is 1. The Morgan fingerprint density at radius 2 is 0.909 bits per heavy atom. The molecule has 0 unspecified atom stereocenters. The first-order valence-corrected chi connectivity index (χ1v) is 19.3. The fourth-order valence-corrected chi connectivity index (χ4v) is 10.1. The number of rotatable bonds is 3. The van der Waals surface area contributed by atoms with Crippen LogP contribution in [0, 0.1) is 0 Å². The minimum Gasteiger partial charge on any atom is -0.247 e. The van der Waals surface area contributed by atoms with Crippen molar-refractivity contribution in [2.75, 3.05) is 0 Å². The second-order valence-electron chi connectivity index (χ2n) is 15.8. The van der Waals surface area contributed by atoms with Crippen LogP contribution < -0.4 is 0 Å². The van der Waals surface area contributed by atoms with Crippen molar-refractivity contribution in [2.24, 2.45) is 0 Å². The maximum atomic E-state index is 5.40. The topological polar surface area (TPSA) is 12.9 Å². The smallest absolute Gasteiger partial charge is 0.0759 e. The monoisotopic (exact) mass is 697 g/mol. The molecule has 0 radical (unpaired) electrons. The molecule has 0 N–H and O–H groups in total. The maximum absolute atomic E-state index is 5.40. The van der Waals surface area contributed by atoms with Gasteiger partial charge in [-0.2, -0.15) is 0 Å². The zero-order valence-corrected chi connectivity index (χ0v) is 30.7. The maximum Gasteiger partial charge on any atom is 0.0759 e. The number of hydrogen-bond donors (Lipinski definition) is 0. The summed E-state index contributed by atoms with van der Waals surface area (Å²) in [6.07, 6.45) is 0. The number of hydrogen-bond acceptors (Lipinski definition) is 1. The number of benzene rings is 9. The standard InChI is InChI=1S/C54H35N/c1-54(2)47-21-10-9-18-46(47)53-52(54)49(51-36-13-4-3-12-32(36)26-31-48(51)55-53)34-24-22-33(23-25-34)35-27-28-41(38-15-6-5-14-37(35)38)42-29-30-45-40-17-8-7-16-39(40)43-19-11-20-44(42)50(43)45/h3-31H,1-2H3. The minimum atomic E-state index is -0.199. The van der Waals surface area contributed by atoms with Crippen LogP contribution in [0.2, 0.25) is 0 Å². The van der Waals surface area contributed by atoms with Crippen LogP contribution >= 0.6 is 0 Å². The van der Waals surface area contributed by atoms with Crippen molar-refractivity contribution in [1.29, 1.82) is 0 Å². The summed E-state index contributed by atoms with van der Waals surface area (Å²) < 4.78 is 0. The van der Waals surface area contributed by atoms with E-state index in [1.165, 1.54) is 110 Å². The number of fused-ring (bicyclic) bond motifs is 10. The fourth-order valence-electron chi connectivity index (χ4n) is 10.1. The van der Waals surface area contributed by atoms with Gasteiger partial charge in [-0.15, -0.1) is 0 Å². The molecule has 9 aromatic carbocycles. The van der Waals surface area contributed by atoms with Crippen molar-refractivity contribution in [3.05, 3.63) is 187 Å². The first kappa shape index (κ1) is 30.6. The van der Waals surface area contributed by atoms with E-state index in [0.29, 0.717) is 0 Å². The highest BCUT2D eigenvalue weighted by Crippen LogP contribution is 2.54. The molecule has 0 bridgehead atoms. The highest BCUT2D eigenvalue weighted by Gasteiger charge is 2.39. The van der Waals surface area contributed by atoms with Gasteiger partial charge < -0.3 is 0 Å². The van der Waals surface area contributed by atoms with Crippen LogP contribution in [-0.2, 0) is 5.41 Å². The van der Waals surface area contributed by atoms with Crippen LogP contribution in [-0.4, -0.2) is 4.98 Å². The lowest BCUT2D eigenvalue weighted by molar-refractivity contribution is 0.662. The van der Waals surface area contributed by atoms with Gasteiger partial charge in [0.05, 0.1) is 11.2 Å². The van der Waals surface area contributed by atoms with Gasteiger partial charge in [-0.25, -0.2) is 4.98 Å². The minimum absolute atomic E-state index is 0.199. The lowest BCUT2D eigenvalue weighted by atomic mass is 9.78.